The molecule has 0 fully saturated rings. The van der Waals surface area contributed by atoms with Gasteiger partial charge in [0.05, 0.1) is 11.1 Å². The minimum absolute atomic E-state index is 0.129. The number of aromatic nitrogens is 2. The molecule has 1 aromatic carbocycles. The maximum atomic E-state index is 11.1. The highest BCUT2D eigenvalue weighted by atomic mass is 16.6. The topological polar surface area (TPSA) is 73.0 Å². The SMILES string of the molecule is Cc1cccc(NCc2cnn(C)c2C)c1[N+](=O)[O-]. The molecule has 0 saturated heterocycles. The summed E-state index contributed by atoms with van der Waals surface area (Å²) >= 11 is 0. The van der Waals surface area contributed by atoms with E-state index in [9.17, 15) is 10.1 Å². The number of nitro benzene ring substituents is 1. The monoisotopic (exact) mass is 260 g/mol. The summed E-state index contributed by atoms with van der Waals surface area (Å²) < 4.78 is 1.78. The van der Waals surface area contributed by atoms with Crippen molar-refractivity contribution in [3.05, 3.63) is 51.3 Å². The van der Waals surface area contributed by atoms with E-state index in [0.717, 1.165) is 11.3 Å². The minimum Gasteiger partial charge on any atom is -0.375 e. The molecule has 0 atom stereocenters. The lowest BCUT2D eigenvalue weighted by Gasteiger charge is -2.08. The van der Waals surface area contributed by atoms with Crippen LogP contribution in [0.1, 0.15) is 16.8 Å². The Bertz CT molecular complexity index is 619. The smallest absolute Gasteiger partial charge is 0.295 e. The molecule has 2 aromatic rings. The van der Waals surface area contributed by atoms with E-state index >= 15 is 0 Å². The highest BCUT2D eigenvalue weighted by molar-refractivity contribution is 5.65. The van der Waals surface area contributed by atoms with Gasteiger partial charge >= 0.3 is 0 Å². The Hall–Kier alpha value is -2.37. The molecule has 0 unspecified atom stereocenters. The van der Waals surface area contributed by atoms with Crippen molar-refractivity contribution < 1.29 is 4.92 Å². The zero-order chi connectivity index (χ0) is 14.0. The maximum absolute atomic E-state index is 11.1. The number of para-hydroxylation sites is 1. The van der Waals surface area contributed by atoms with Crippen LogP contribution < -0.4 is 5.32 Å². The van der Waals surface area contributed by atoms with Gasteiger partial charge in [-0.2, -0.15) is 5.10 Å². The third-order valence-corrected chi connectivity index (χ3v) is 3.23. The normalized spacial score (nSPS) is 10.5. The Labute approximate surface area is 111 Å². The number of hydrogen-bond donors (Lipinski definition) is 1. The number of nitrogens with one attached hydrogen (secondary N) is 1. The summed E-state index contributed by atoms with van der Waals surface area (Å²) in [4.78, 5) is 10.7. The molecule has 1 aromatic heterocycles. The Morgan fingerprint density at radius 3 is 2.74 bits per heavy atom. The van der Waals surface area contributed by atoms with Crippen molar-refractivity contribution in [1.29, 1.82) is 0 Å². The quantitative estimate of drug-likeness (QED) is 0.677. The van der Waals surface area contributed by atoms with Gasteiger partial charge in [-0.15, -0.1) is 0 Å². The highest BCUT2D eigenvalue weighted by Crippen LogP contribution is 2.28. The first-order chi connectivity index (χ1) is 9.00. The molecule has 0 radical (unpaired) electrons. The van der Waals surface area contributed by atoms with E-state index in [2.05, 4.69) is 10.4 Å². The third kappa shape index (κ3) is 2.57. The van der Waals surface area contributed by atoms with Crippen molar-refractivity contribution >= 4 is 11.4 Å². The minimum atomic E-state index is -0.353. The number of anilines is 1. The predicted molar refractivity (Wildman–Crippen MR) is 73.1 cm³/mol. The van der Waals surface area contributed by atoms with Crippen molar-refractivity contribution in [2.24, 2.45) is 7.05 Å². The average molecular weight is 260 g/mol. The fourth-order valence-corrected chi connectivity index (χ4v) is 1.95. The average Bonchev–Trinajstić information content (AvgIpc) is 2.67. The Balaban J connectivity index is 2.23. The second-order valence-corrected chi connectivity index (χ2v) is 4.46. The molecule has 0 saturated carbocycles. The molecule has 0 bridgehead atoms. The lowest BCUT2D eigenvalue weighted by atomic mass is 10.1. The van der Waals surface area contributed by atoms with Crippen LogP contribution in [-0.2, 0) is 13.6 Å². The molecule has 100 valence electrons. The summed E-state index contributed by atoms with van der Waals surface area (Å²) in [5.41, 5.74) is 3.39. The van der Waals surface area contributed by atoms with E-state index < -0.39 is 0 Å². The summed E-state index contributed by atoms with van der Waals surface area (Å²) in [5.74, 6) is 0. The van der Waals surface area contributed by atoms with Crippen LogP contribution in [0.2, 0.25) is 0 Å². The number of nitro groups is 1. The van der Waals surface area contributed by atoms with Crippen molar-refractivity contribution in [3.63, 3.8) is 0 Å². The Morgan fingerprint density at radius 1 is 1.42 bits per heavy atom. The molecule has 6 heteroatoms. The van der Waals surface area contributed by atoms with Gasteiger partial charge in [0.25, 0.3) is 5.69 Å². The number of hydrogen-bond acceptors (Lipinski definition) is 4. The zero-order valence-corrected chi connectivity index (χ0v) is 11.2. The highest BCUT2D eigenvalue weighted by Gasteiger charge is 2.16. The lowest BCUT2D eigenvalue weighted by molar-refractivity contribution is -0.384. The number of nitrogens with zero attached hydrogens (tertiary/aromatic N) is 3. The van der Waals surface area contributed by atoms with Gasteiger partial charge in [0.1, 0.15) is 5.69 Å². The van der Waals surface area contributed by atoms with Crippen LogP contribution in [0.25, 0.3) is 0 Å². The molecule has 2 rings (SSSR count). The summed E-state index contributed by atoms with van der Waals surface area (Å²) in [7, 11) is 1.87. The van der Waals surface area contributed by atoms with Gasteiger partial charge in [0, 0.05) is 30.4 Å². The molecule has 19 heavy (non-hydrogen) atoms. The predicted octanol–water partition coefficient (Wildman–Crippen LogP) is 2.56. The molecule has 0 amide bonds. The van der Waals surface area contributed by atoms with Gasteiger partial charge in [-0.1, -0.05) is 12.1 Å². The second-order valence-electron chi connectivity index (χ2n) is 4.46. The van der Waals surface area contributed by atoms with Crippen LogP contribution >= 0.6 is 0 Å². The van der Waals surface area contributed by atoms with E-state index in [1.807, 2.05) is 14.0 Å². The molecule has 0 spiro atoms. The Kier molecular flexibility index (Phi) is 3.50. The van der Waals surface area contributed by atoms with E-state index in [-0.39, 0.29) is 10.6 Å². The van der Waals surface area contributed by atoms with Crippen molar-refractivity contribution in [3.8, 4) is 0 Å². The van der Waals surface area contributed by atoms with E-state index in [1.54, 1.807) is 36.0 Å². The number of benzene rings is 1. The molecule has 0 aliphatic carbocycles. The van der Waals surface area contributed by atoms with Crippen LogP contribution in [0, 0.1) is 24.0 Å². The fraction of sp³-hybridized carbons (Fsp3) is 0.308. The van der Waals surface area contributed by atoms with Gasteiger partial charge in [-0.3, -0.25) is 14.8 Å². The first kappa shape index (κ1) is 13.1. The first-order valence-electron chi connectivity index (χ1n) is 5.96. The largest absolute Gasteiger partial charge is 0.375 e. The van der Waals surface area contributed by atoms with Crippen LogP contribution in [0.15, 0.2) is 24.4 Å². The van der Waals surface area contributed by atoms with Gasteiger partial charge < -0.3 is 5.32 Å². The maximum Gasteiger partial charge on any atom is 0.295 e. The second kappa shape index (κ2) is 5.09. The summed E-state index contributed by atoms with van der Waals surface area (Å²) in [5, 5.41) is 18.3. The molecular weight excluding hydrogens is 244 g/mol. The molecular formula is C13H16N4O2. The van der Waals surface area contributed by atoms with Crippen molar-refractivity contribution in [1.82, 2.24) is 9.78 Å². The molecule has 6 nitrogen and oxygen atoms in total. The standard InChI is InChI=1S/C13H16N4O2/c1-9-5-4-6-12(13(9)17(18)19)14-7-11-8-15-16(3)10(11)2/h4-6,8,14H,7H2,1-3H3. The van der Waals surface area contributed by atoms with Crippen molar-refractivity contribution in [2.75, 3.05) is 5.32 Å². The summed E-state index contributed by atoms with van der Waals surface area (Å²) in [6, 6.07) is 5.26. The molecule has 1 N–H and O–H groups in total. The van der Waals surface area contributed by atoms with Crippen LogP contribution in [0.3, 0.4) is 0 Å². The lowest BCUT2D eigenvalue weighted by Crippen LogP contribution is -2.04. The van der Waals surface area contributed by atoms with Crippen LogP contribution in [0.5, 0.6) is 0 Å². The Morgan fingerprint density at radius 2 is 2.16 bits per heavy atom. The van der Waals surface area contributed by atoms with Crippen molar-refractivity contribution in [2.45, 2.75) is 20.4 Å². The summed E-state index contributed by atoms with van der Waals surface area (Å²) in [6.45, 7) is 4.22. The van der Waals surface area contributed by atoms with Gasteiger partial charge in [-0.05, 0) is 19.9 Å². The van der Waals surface area contributed by atoms with E-state index in [1.165, 1.54) is 0 Å². The number of rotatable bonds is 4. The van der Waals surface area contributed by atoms with E-state index in [0.29, 0.717) is 17.8 Å². The van der Waals surface area contributed by atoms with Crippen LogP contribution in [0.4, 0.5) is 11.4 Å². The fourth-order valence-electron chi connectivity index (χ4n) is 1.95. The summed E-state index contributed by atoms with van der Waals surface area (Å²) in [6.07, 6.45) is 1.77. The van der Waals surface area contributed by atoms with Crippen LogP contribution in [-0.4, -0.2) is 14.7 Å². The third-order valence-electron chi connectivity index (χ3n) is 3.23. The van der Waals surface area contributed by atoms with Gasteiger partial charge in [0.2, 0.25) is 0 Å². The number of aryl methyl sites for hydroxylation is 2. The van der Waals surface area contributed by atoms with E-state index in [4.69, 9.17) is 0 Å². The molecule has 1 heterocycles. The zero-order valence-electron chi connectivity index (χ0n) is 11.2. The molecule has 0 aliphatic rings. The van der Waals surface area contributed by atoms with Gasteiger partial charge in [-0.25, -0.2) is 0 Å². The van der Waals surface area contributed by atoms with Gasteiger partial charge in [0.15, 0.2) is 0 Å². The molecule has 0 aliphatic heterocycles. The first-order valence-corrected chi connectivity index (χ1v) is 5.96.